The van der Waals surface area contributed by atoms with E-state index in [9.17, 15) is 0 Å². The largest absolute Gasteiger partial charge is 0.368 e. The summed E-state index contributed by atoms with van der Waals surface area (Å²) in [4.78, 5) is 3.84. The minimum Gasteiger partial charge on any atom is -0.368 e. The van der Waals surface area contributed by atoms with Crippen molar-refractivity contribution in [1.29, 1.82) is 0 Å². The Kier molecular flexibility index (Phi) is 1.89. The highest BCUT2D eigenvalue weighted by Gasteiger charge is 2.20. The van der Waals surface area contributed by atoms with Crippen molar-refractivity contribution >= 4 is 5.96 Å². The van der Waals surface area contributed by atoms with Gasteiger partial charge in [-0.15, -0.1) is 0 Å². The van der Waals surface area contributed by atoms with Gasteiger partial charge in [-0.3, -0.25) is 10.2 Å². The molecule has 52 valence electrons. The van der Waals surface area contributed by atoms with E-state index in [1.807, 2.05) is 0 Å². The Morgan fingerprint density at radius 2 is 2.44 bits per heavy atom. The van der Waals surface area contributed by atoms with Crippen molar-refractivity contribution in [2.24, 2.45) is 16.6 Å². The maximum atomic E-state index is 8.16. The van der Waals surface area contributed by atoms with E-state index in [1.54, 1.807) is 5.48 Å². The van der Waals surface area contributed by atoms with Gasteiger partial charge in [0.05, 0.1) is 0 Å². The van der Waals surface area contributed by atoms with Crippen LogP contribution in [0.2, 0.25) is 0 Å². The molecule has 0 aromatic carbocycles. The lowest BCUT2D eigenvalue weighted by Crippen LogP contribution is -2.28. The Hall–Kier alpha value is -0.770. The third kappa shape index (κ3) is 2.32. The Balaban J connectivity index is 2.12. The zero-order valence-electron chi connectivity index (χ0n) is 5.17. The Labute approximate surface area is 53.7 Å². The summed E-state index contributed by atoms with van der Waals surface area (Å²) in [5, 5.41) is 8.16. The van der Waals surface area contributed by atoms with Gasteiger partial charge in [-0.1, -0.05) is 0 Å². The van der Waals surface area contributed by atoms with Crippen LogP contribution < -0.4 is 11.2 Å². The smallest absolute Gasteiger partial charge is 0.212 e. The van der Waals surface area contributed by atoms with Crippen LogP contribution in [0.5, 0.6) is 0 Å². The van der Waals surface area contributed by atoms with Gasteiger partial charge >= 0.3 is 0 Å². The van der Waals surface area contributed by atoms with Crippen LogP contribution in [-0.2, 0) is 0 Å². The number of nitrogens with one attached hydrogen (secondary N) is 1. The normalized spacial score (nSPS) is 19.9. The molecular weight excluding hydrogens is 118 g/mol. The second-order valence-electron chi connectivity index (χ2n) is 2.28. The van der Waals surface area contributed by atoms with E-state index in [2.05, 4.69) is 4.99 Å². The first-order chi connectivity index (χ1) is 4.33. The van der Waals surface area contributed by atoms with Crippen molar-refractivity contribution < 1.29 is 5.21 Å². The molecule has 0 aromatic heterocycles. The van der Waals surface area contributed by atoms with Gasteiger partial charge in [0, 0.05) is 6.54 Å². The first-order valence-electron chi connectivity index (χ1n) is 3.03. The molecule has 1 fully saturated rings. The second kappa shape index (κ2) is 2.68. The maximum Gasteiger partial charge on any atom is 0.212 e. The molecule has 0 heterocycles. The number of hydrogen-bond acceptors (Lipinski definition) is 2. The minimum absolute atomic E-state index is 0.113. The molecule has 1 aliphatic carbocycles. The zero-order chi connectivity index (χ0) is 6.69. The van der Waals surface area contributed by atoms with E-state index in [-0.39, 0.29) is 5.96 Å². The van der Waals surface area contributed by atoms with Gasteiger partial charge in [0.25, 0.3) is 0 Å². The first-order valence-corrected chi connectivity index (χ1v) is 3.03. The number of nitrogens with two attached hydrogens (primary N) is 1. The van der Waals surface area contributed by atoms with Crippen LogP contribution in [0, 0.1) is 5.92 Å². The summed E-state index contributed by atoms with van der Waals surface area (Å²) in [5.74, 6) is 0.832. The second-order valence-corrected chi connectivity index (χ2v) is 2.28. The molecule has 0 unspecified atom stereocenters. The predicted octanol–water partition coefficient (Wildman–Crippen LogP) is -0.310. The highest BCUT2D eigenvalue weighted by molar-refractivity contribution is 5.76. The molecule has 0 radical (unpaired) electrons. The summed E-state index contributed by atoms with van der Waals surface area (Å²) in [7, 11) is 0. The summed E-state index contributed by atoms with van der Waals surface area (Å²) in [6.07, 6.45) is 2.50. The molecule has 1 rings (SSSR count). The van der Waals surface area contributed by atoms with Crippen LogP contribution in [0.3, 0.4) is 0 Å². The number of aliphatic imine (C=N–C) groups is 1. The van der Waals surface area contributed by atoms with E-state index in [0.717, 1.165) is 12.5 Å². The molecule has 1 aliphatic rings. The van der Waals surface area contributed by atoms with E-state index in [4.69, 9.17) is 10.9 Å². The van der Waals surface area contributed by atoms with Gasteiger partial charge in [-0.05, 0) is 18.8 Å². The van der Waals surface area contributed by atoms with Gasteiger partial charge in [0.2, 0.25) is 5.96 Å². The lowest BCUT2D eigenvalue weighted by atomic mass is 10.4. The van der Waals surface area contributed by atoms with E-state index in [0.29, 0.717) is 0 Å². The van der Waals surface area contributed by atoms with Gasteiger partial charge < -0.3 is 5.73 Å². The number of rotatable bonds is 2. The molecule has 0 bridgehead atoms. The zero-order valence-corrected chi connectivity index (χ0v) is 5.17. The predicted molar refractivity (Wildman–Crippen MR) is 34.1 cm³/mol. The van der Waals surface area contributed by atoms with Crippen molar-refractivity contribution in [2.45, 2.75) is 12.8 Å². The topological polar surface area (TPSA) is 70.6 Å². The lowest BCUT2D eigenvalue weighted by Gasteiger charge is -1.94. The van der Waals surface area contributed by atoms with Crippen molar-refractivity contribution in [3.05, 3.63) is 0 Å². The number of hydrogen-bond donors (Lipinski definition) is 3. The third-order valence-electron chi connectivity index (χ3n) is 1.33. The number of hydroxylamine groups is 1. The van der Waals surface area contributed by atoms with Gasteiger partial charge in [0.15, 0.2) is 0 Å². The number of guanidine groups is 1. The molecule has 0 saturated heterocycles. The molecular formula is C5H11N3O. The monoisotopic (exact) mass is 129 g/mol. The molecule has 4 N–H and O–H groups in total. The fourth-order valence-electron chi connectivity index (χ4n) is 0.563. The van der Waals surface area contributed by atoms with Gasteiger partial charge in [0.1, 0.15) is 0 Å². The van der Waals surface area contributed by atoms with Crippen molar-refractivity contribution in [3.8, 4) is 0 Å². The van der Waals surface area contributed by atoms with Crippen LogP contribution in [0.15, 0.2) is 4.99 Å². The van der Waals surface area contributed by atoms with Crippen LogP contribution >= 0.6 is 0 Å². The van der Waals surface area contributed by atoms with Crippen LogP contribution in [-0.4, -0.2) is 17.7 Å². The molecule has 0 atom stereocenters. The average Bonchev–Trinajstić information content (AvgIpc) is 2.65. The van der Waals surface area contributed by atoms with E-state index in [1.165, 1.54) is 12.8 Å². The van der Waals surface area contributed by atoms with Crippen molar-refractivity contribution in [2.75, 3.05) is 6.54 Å². The summed E-state index contributed by atoms with van der Waals surface area (Å²) in [6, 6.07) is 0. The molecule has 4 heteroatoms. The SMILES string of the molecule is NC(=NCC1CC1)NO. The van der Waals surface area contributed by atoms with E-state index < -0.39 is 0 Å². The first kappa shape index (κ1) is 6.35. The van der Waals surface area contributed by atoms with Crippen LogP contribution in [0.1, 0.15) is 12.8 Å². The summed E-state index contributed by atoms with van der Waals surface area (Å²) in [6.45, 7) is 0.749. The quantitative estimate of drug-likeness (QED) is 0.272. The standard InChI is InChI=1S/C5H11N3O/c6-5(8-9)7-3-4-1-2-4/h4,9H,1-3H2,(H3,6,7,8). The fraction of sp³-hybridized carbons (Fsp3) is 0.800. The van der Waals surface area contributed by atoms with E-state index >= 15 is 0 Å². The lowest BCUT2D eigenvalue weighted by molar-refractivity contribution is 0.232. The molecule has 1 saturated carbocycles. The highest BCUT2D eigenvalue weighted by Crippen LogP contribution is 2.28. The third-order valence-corrected chi connectivity index (χ3v) is 1.33. The molecule has 0 aliphatic heterocycles. The summed E-state index contributed by atoms with van der Waals surface area (Å²) in [5.41, 5.74) is 6.91. The number of nitrogens with zero attached hydrogens (tertiary/aromatic N) is 1. The van der Waals surface area contributed by atoms with Crippen molar-refractivity contribution in [3.63, 3.8) is 0 Å². The van der Waals surface area contributed by atoms with Crippen molar-refractivity contribution in [1.82, 2.24) is 5.48 Å². The molecule has 0 amide bonds. The molecule has 9 heavy (non-hydrogen) atoms. The van der Waals surface area contributed by atoms with Crippen LogP contribution in [0.25, 0.3) is 0 Å². The molecule has 4 nitrogen and oxygen atoms in total. The fourth-order valence-corrected chi connectivity index (χ4v) is 0.563. The molecule has 0 aromatic rings. The van der Waals surface area contributed by atoms with Crippen LogP contribution in [0.4, 0.5) is 0 Å². The van der Waals surface area contributed by atoms with Gasteiger partial charge in [-0.2, -0.15) is 0 Å². The molecule has 0 spiro atoms. The summed E-state index contributed by atoms with van der Waals surface area (Å²) >= 11 is 0. The average molecular weight is 129 g/mol. The minimum atomic E-state index is 0.113. The Bertz CT molecular complexity index is 119. The highest BCUT2D eigenvalue weighted by atomic mass is 16.5. The van der Waals surface area contributed by atoms with Gasteiger partial charge in [-0.25, -0.2) is 5.48 Å². The Morgan fingerprint density at radius 3 is 2.89 bits per heavy atom. The maximum absolute atomic E-state index is 8.16. The summed E-state index contributed by atoms with van der Waals surface area (Å²) < 4.78 is 0. The Morgan fingerprint density at radius 1 is 1.78 bits per heavy atom.